The largest absolute Gasteiger partial charge is 0.481 e. The van der Waals surface area contributed by atoms with Crippen LogP contribution in [0.15, 0.2) is 40.8 Å². The Bertz CT molecular complexity index is 1240. The van der Waals surface area contributed by atoms with Gasteiger partial charge in [0.1, 0.15) is 23.0 Å². The van der Waals surface area contributed by atoms with Gasteiger partial charge in [0.25, 0.3) is 0 Å². The summed E-state index contributed by atoms with van der Waals surface area (Å²) >= 11 is 0. The first-order chi connectivity index (χ1) is 16.3. The van der Waals surface area contributed by atoms with Gasteiger partial charge in [-0.1, -0.05) is 62.8 Å². The molecule has 0 bridgehead atoms. The van der Waals surface area contributed by atoms with Gasteiger partial charge in [-0.25, -0.2) is 0 Å². The predicted molar refractivity (Wildman–Crippen MR) is 134 cm³/mol. The van der Waals surface area contributed by atoms with Crippen LogP contribution in [0.1, 0.15) is 92.6 Å². The number of fused-ring (bicyclic) bond motifs is 6. The Hall–Kier alpha value is -2.48. The highest BCUT2D eigenvalue weighted by molar-refractivity contribution is 5.80. The van der Waals surface area contributed by atoms with Crippen molar-refractivity contribution in [1.29, 1.82) is 0 Å². The summed E-state index contributed by atoms with van der Waals surface area (Å²) in [5.41, 5.74) is 6.43. The van der Waals surface area contributed by atoms with Crippen molar-refractivity contribution in [3.8, 4) is 5.75 Å². The third-order valence-corrected chi connectivity index (χ3v) is 8.97. The Labute approximate surface area is 196 Å². The molecule has 2 heterocycles. The van der Waals surface area contributed by atoms with Crippen LogP contribution in [0.25, 0.3) is 17.7 Å². The van der Waals surface area contributed by atoms with E-state index >= 15 is 0 Å². The highest BCUT2D eigenvalue weighted by atomic mass is 16.5. The monoisotopic (exact) mass is 438 g/mol. The van der Waals surface area contributed by atoms with E-state index in [4.69, 9.17) is 9.15 Å². The lowest BCUT2D eigenvalue weighted by atomic mass is 9.75. The van der Waals surface area contributed by atoms with E-state index in [1.807, 2.05) is 0 Å². The van der Waals surface area contributed by atoms with Gasteiger partial charge in [0.05, 0.1) is 5.57 Å². The lowest BCUT2D eigenvalue weighted by Crippen LogP contribution is -2.30. The molecule has 2 heteroatoms. The van der Waals surface area contributed by atoms with E-state index in [0.717, 1.165) is 29.3 Å². The van der Waals surface area contributed by atoms with Crippen molar-refractivity contribution in [2.75, 3.05) is 0 Å². The third kappa shape index (κ3) is 3.36. The average Bonchev–Trinajstić information content (AvgIpc) is 3.36. The van der Waals surface area contributed by atoms with Gasteiger partial charge in [0, 0.05) is 16.3 Å². The van der Waals surface area contributed by atoms with Crippen molar-refractivity contribution in [1.82, 2.24) is 0 Å². The van der Waals surface area contributed by atoms with Gasteiger partial charge in [-0.15, -0.1) is 0 Å². The molecule has 0 radical (unpaired) electrons. The molecule has 170 valence electrons. The van der Waals surface area contributed by atoms with Crippen molar-refractivity contribution in [2.45, 2.75) is 82.7 Å². The highest BCUT2D eigenvalue weighted by Gasteiger charge is 2.33. The van der Waals surface area contributed by atoms with Gasteiger partial charge in [-0.05, 0) is 79.7 Å². The van der Waals surface area contributed by atoms with E-state index in [1.54, 1.807) is 0 Å². The van der Waals surface area contributed by atoms with Gasteiger partial charge in [0.2, 0.25) is 0 Å². The summed E-state index contributed by atoms with van der Waals surface area (Å²) in [4.78, 5) is 0. The standard InChI is InChI=1S/C31H34O2/c1-3-8-20(9-4-1)22-14-16-27-25(18-22)24-12-7-13-29-30(31(24)33-27)26-19-23(15-17-28(26)32-29)21-10-5-2-6-11-21/h7,12-17,19-22,29H,1-6,8-11,18H2. The Kier molecular flexibility index (Phi) is 4.88. The van der Waals surface area contributed by atoms with Crippen molar-refractivity contribution in [3.05, 3.63) is 69.5 Å². The first-order valence-electron chi connectivity index (χ1n) is 13.4. The maximum atomic E-state index is 6.63. The molecule has 0 amide bonds. The number of ether oxygens (including phenoxy) is 1. The van der Waals surface area contributed by atoms with Gasteiger partial charge in [0.15, 0.2) is 0 Å². The number of benzene rings is 1. The number of allylic oxidation sites excluding steroid dienone is 2. The van der Waals surface area contributed by atoms with Crippen molar-refractivity contribution < 1.29 is 9.15 Å². The zero-order chi connectivity index (χ0) is 21.8. The zero-order valence-electron chi connectivity index (χ0n) is 19.5. The minimum Gasteiger partial charge on any atom is -0.481 e. The topological polar surface area (TPSA) is 22.4 Å². The van der Waals surface area contributed by atoms with Gasteiger partial charge < -0.3 is 9.15 Å². The Morgan fingerprint density at radius 2 is 1.67 bits per heavy atom. The van der Waals surface area contributed by atoms with Crippen LogP contribution in [0.4, 0.5) is 0 Å². The van der Waals surface area contributed by atoms with Crippen LogP contribution >= 0.6 is 0 Å². The van der Waals surface area contributed by atoms with Crippen molar-refractivity contribution in [3.63, 3.8) is 0 Å². The van der Waals surface area contributed by atoms with E-state index in [2.05, 4.69) is 48.6 Å². The predicted octanol–water partition coefficient (Wildman–Crippen LogP) is 6.40. The molecule has 2 nitrogen and oxygen atoms in total. The van der Waals surface area contributed by atoms with Gasteiger partial charge in [-0.2, -0.15) is 0 Å². The molecule has 0 spiro atoms. The summed E-state index contributed by atoms with van der Waals surface area (Å²) in [5, 5.41) is 1.29. The van der Waals surface area contributed by atoms with E-state index < -0.39 is 0 Å². The van der Waals surface area contributed by atoms with Crippen LogP contribution in [0.3, 0.4) is 0 Å². The fraction of sp³-hybridized carbons (Fsp3) is 0.484. The Morgan fingerprint density at radius 1 is 0.848 bits per heavy atom. The first-order valence-corrected chi connectivity index (χ1v) is 13.4. The molecule has 2 saturated carbocycles. The molecule has 2 unspecified atom stereocenters. The quantitative estimate of drug-likeness (QED) is 0.541. The van der Waals surface area contributed by atoms with E-state index in [9.17, 15) is 0 Å². The second-order valence-corrected chi connectivity index (χ2v) is 10.9. The summed E-state index contributed by atoms with van der Waals surface area (Å²) in [5.74, 6) is 4.27. The number of hydrogen-bond donors (Lipinski definition) is 0. The lowest BCUT2D eigenvalue weighted by Gasteiger charge is -2.29. The van der Waals surface area contributed by atoms with Gasteiger partial charge in [-0.3, -0.25) is 0 Å². The molecule has 4 aliphatic carbocycles. The van der Waals surface area contributed by atoms with Crippen LogP contribution in [0, 0.1) is 11.8 Å². The fourth-order valence-electron chi connectivity index (χ4n) is 7.16. The molecule has 7 rings (SSSR count). The lowest BCUT2D eigenvalue weighted by molar-refractivity contribution is 0.283. The van der Waals surface area contributed by atoms with Crippen LogP contribution < -0.4 is 15.4 Å². The normalized spacial score (nSPS) is 26.6. The van der Waals surface area contributed by atoms with Crippen LogP contribution in [-0.2, 0) is 6.42 Å². The molecule has 1 aromatic carbocycles. The second kappa shape index (κ2) is 8.08. The third-order valence-electron chi connectivity index (χ3n) is 8.97. The van der Waals surface area contributed by atoms with E-state index in [1.165, 1.54) is 91.7 Å². The van der Waals surface area contributed by atoms with E-state index in [0.29, 0.717) is 11.8 Å². The SMILES string of the molecule is C1=CC2Oc3ccc(C4CCCCC4)cc3C2=c2oc3c(c2=C1)CC(C1CCCCC1)C=C3. The Balaban J connectivity index is 1.33. The highest BCUT2D eigenvalue weighted by Crippen LogP contribution is 2.42. The summed E-state index contributed by atoms with van der Waals surface area (Å²) in [6.07, 6.45) is 26.2. The number of furan rings is 1. The molecular weight excluding hydrogens is 404 g/mol. The molecule has 2 fully saturated rings. The van der Waals surface area contributed by atoms with Crippen LogP contribution in [0.5, 0.6) is 5.75 Å². The molecule has 0 N–H and O–H groups in total. The second-order valence-electron chi connectivity index (χ2n) is 10.9. The minimum atomic E-state index is -0.0511. The molecule has 2 atom stereocenters. The molecule has 5 aliphatic rings. The first kappa shape index (κ1) is 19.9. The summed E-state index contributed by atoms with van der Waals surface area (Å²) in [6, 6.07) is 6.94. The van der Waals surface area contributed by atoms with Crippen LogP contribution in [0.2, 0.25) is 0 Å². The maximum absolute atomic E-state index is 6.63. The summed E-state index contributed by atoms with van der Waals surface area (Å²) in [6.45, 7) is 0. The van der Waals surface area contributed by atoms with Crippen LogP contribution in [-0.4, -0.2) is 6.10 Å². The Morgan fingerprint density at radius 3 is 2.52 bits per heavy atom. The van der Waals surface area contributed by atoms with Crippen molar-refractivity contribution >= 4 is 17.7 Å². The minimum absolute atomic E-state index is 0.0511. The molecule has 33 heavy (non-hydrogen) atoms. The van der Waals surface area contributed by atoms with E-state index in [-0.39, 0.29) is 6.10 Å². The summed E-state index contributed by atoms with van der Waals surface area (Å²) < 4.78 is 13.0. The van der Waals surface area contributed by atoms with Gasteiger partial charge >= 0.3 is 0 Å². The number of rotatable bonds is 2. The fourth-order valence-corrected chi connectivity index (χ4v) is 7.16. The molecule has 1 aromatic heterocycles. The van der Waals surface area contributed by atoms with Crippen molar-refractivity contribution in [2.24, 2.45) is 11.8 Å². The molecule has 1 aliphatic heterocycles. The molecule has 2 aromatic rings. The average molecular weight is 439 g/mol. The summed E-state index contributed by atoms with van der Waals surface area (Å²) in [7, 11) is 0. The molecule has 0 saturated heterocycles. The molecular formula is C31H34O2. The maximum Gasteiger partial charge on any atom is 0.147 e. The smallest absolute Gasteiger partial charge is 0.147 e. The number of hydrogen-bond acceptors (Lipinski definition) is 2. The zero-order valence-corrected chi connectivity index (χ0v) is 19.5.